The molecule has 0 spiro atoms. The molecule has 0 amide bonds. The Morgan fingerprint density at radius 3 is 2.71 bits per heavy atom. The van der Waals surface area contributed by atoms with Gasteiger partial charge in [0.05, 0.1) is 17.6 Å². The van der Waals surface area contributed by atoms with Crippen LogP contribution in [0.1, 0.15) is 10.4 Å². The molecule has 0 unspecified atom stereocenters. The number of imidazole rings is 1. The van der Waals surface area contributed by atoms with Crippen LogP contribution >= 0.6 is 0 Å². The van der Waals surface area contributed by atoms with Gasteiger partial charge in [0.15, 0.2) is 5.78 Å². The molecule has 0 saturated heterocycles. The summed E-state index contributed by atoms with van der Waals surface area (Å²) in [6.07, 6.45) is 0. The van der Waals surface area contributed by atoms with Crippen molar-refractivity contribution >= 4 is 16.8 Å². The molecule has 0 aliphatic rings. The normalized spacial score (nSPS) is 10.6. The average Bonchev–Trinajstić information content (AvgIpc) is 2.55. The minimum Gasteiger partial charge on any atom is -0.324 e. The number of fused-ring (bicyclic) bond motifs is 1. The monoisotopic (exact) mass is 191 g/mol. The Balaban J connectivity index is 2.61. The molecule has 0 fully saturated rings. The number of H-pyrrole nitrogens is 2. The first kappa shape index (κ1) is 8.71. The molecule has 0 atom stereocenters. The van der Waals surface area contributed by atoms with Crippen LogP contribution in [0.25, 0.3) is 11.0 Å². The number of nitrogens with one attached hydrogen (secondary N) is 2. The van der Waals surface area contributed by atoms with E-state index in [2.05, 4.69) is 9.97 Å². The molecule has 1 aromatic heterocycles. The van der Waals surface area contributed by atoms with Crippen LogP contribution in [0.4, 0.5) is 0 Å². The fourth-order valence-electron chi connectivity index (χ4n) is 1.32. The molecule has 0 aliphatic heterocycles. The number of benzene rings is 1. The number of aromatic amines is 2. The van der Waals surface area contributed by atoms with Gasteiger partial charge in [-0.15, -0.1) is 0 Å². The Hall–Kier alpha value is -1.88. The smallest absolute Gasteiger partial charge is 0.323 e. The third-order valence-corrected chi connectivity index (χ3v) is 2.02. The summed E-state index contributed by atoms with van der Waals surface area (Å²) in [4.78, 5) is 27.3. The molecule has 1 aromatic carbocycles. The second-order valence-electron chi connectivity index (χ2n) is 2.97. The van der Waals surface area contributed by atoms with Crippen LogP contribution in [0, 0.1) is 0 Å². The molecule has 0 radical (unpaired) electrons. The molecule has 0 bridgehead atoms. The van der Waals surface area contributed by atoms with E-state index >= 15 is 0 Å². The molecular weight excluding hydrogens is 182 g/mol. The lowest BCUT2D eigenvalue weighted by Gasteiger charge is -1.96. The lowest BCUT2D eigenvalue weighted by atomic mass is 10.1. The highest BCUT2D eigenvalue weighted by molar-refractivity contribution is 5.99. The molecule has 2 aromatic rings. The summed E-state index contributed by atoms with van der Waals surface area (Å²) in [7, 11) is 0. The fourth-order valence-corrected chi connectivity index (χ4v) is 1.32. The standard InChI is InChI=1S/C9H9N3O2/c10-4-8(13)5-1-2-6-7(3-5)12-9(14)11-6/h1-3H,4,10H2,(H2,11,12,14). The average molecular weight is 191 g/mol. The number of Topliss-reactive ketones (excluding diaryl/α,β-unsaturated/α-hetero) is 1. The van der Waals surface area contributed by atoms with E-state index in [-0.39, 0.29) is 18.0 Å². The van der Waals surface area contributed by atoms with Gasteiger partial charge < -0.3 is 15.7 Å². The van der Waals surface area contributed by atoms with E-state index in [1.807, 2.05) is 0 Å². The topological polar surface area (TPSA) is 91.7 Å². The number of hydrogen-bond donors (Lipinski definition) is 3. The molecule has 2 rings (SSSR count). The van der Waals surface area contributed by atoms with E-state index in [1.165, 1.54) is 0 Å². The SMILES string of the molecule is NCC(=O)c1ccc2[nH]c(=O)[nH]c2c1. The number of hydrogen-bond acceptors (Lipinski definition) is 3. The lowest BCUT2D eigenvalue weighted by molar-refractivity contribution is 0.100. The zero-order valence-corrected chi connectivity index (χ0v) is 7.33. The lowest BCUT2D eigenvalue weighted by Crippen LogP contribution is -2.13. The van der Waals surface area contributed by atoms with Crippen molar-refractivity contribution in [3.8, 4) is 0 Å². The third kappa shape index (κ3) is 1.33. The first-order valence-corrected chi connectivity index (χ1v) is 4.16. The van der Waals surface area contributed by atoms with Crippen molar-refractivity contribution in [1.29, 1.82) is 0 Å². The van der Waals surface area contributed by atoms with Gasteiger partial charge in [-0.1, -0.05) is 0 Å². The molecule has 5 heteroatoms. The number of aromatic nitrogens is 2. The molecule has 0 saturated carbocycles. The van der Waals surface area contributed by atoms with Gasteiger partial charge in [0, 0.05) is 5.56 Å². The van der Waals surface area contributed by atoms with Crippen molar-refractivity contribution in [2.45, 2.75) is 0 Å². The van der Waals surface area contributed by atoms with Gasteiger partial charge in [0.25, 0.3) is 0 Å². The highest BCUT2D eigenvalue weighted by Gasteiger charge is 2.05. The first-order chi connectivity index (χ1) is 6.70. The summed E-state index contributed by atoms with van der Waals surface area (Å²) < 4.78 is 0. The van der Waals surface area contributed by atoms with Crippen LogP contribution in [0.2, 0.25) is 0 Å². The molecule has 0 aliphatic carbocycles. The van der Waals surface area contributed by atoms with Crippen LogP contribution in [-0.2, 0) is 0 Å². The van der Waals surface area contributed by atoms with E-state index in [4.69, 9.17) is 5.73 Å². The van der Waals surface area contributed by atoms with Gasteiger partial charge in [0.2, 0.25) is 0 Å². The van der Waals surface area contributed by atoms with Crippen LogP contribution in [0.3, 0.4) is 0 Å². The van der Waals surface area contributed by atoms with Gasteiger partial charge in [-0.25, -0.2) is 4.79 Å². The number of nitrogens with two attached hydrogens (primary N) is 1. The van der Waals surface area contributed by atoms with Gasteiger partial charge >= 0.3 is 5.69 Å². The highest BCUT2D eigenvalue weighted by Crippen LogP contribution is 2.10. The number of ketones is 1. The van der Waals surface area contributed by atoms with E-state index in [1.54, 1.807) is 18.2 Å². The number of carbonyl (C=O) groups is 1. The maximum atomic E-state index is 11.2. The van der Waals surface area contributed by atoms with Gasteiger partial charge in [0.1, 0.15) is 0 Å². The minimum atomic E-state index is -0.280. The van der Waals surface area contributed by atoms with Crippen LogP contribution in [0.15, 0.2) is 23.0 Å². The number of carbonyl (C=O) groups excluding carboxylic acids is 1. The Labute approximate surface area is 78.9 Å². The summed E-state index contributed by atoms with van der Waals surface area (Å²) in [6.45, 7) is -0.0276. The molecule has 72 valence electrons. The zero-order valence-electron chi connectivity index (χ0n) is 7.33. The number of rotatable bonds is 2. The summed E-state index contributed by atoms with van der Waals surface area (Å²) in [6, 6.07) is 4.93. The van der Waals surface area contributed by atoms with E-state index < -0.39 is 0 Å². The predicted molar refractivity (Wildman–Crippen MR) is 52.3 cm³/mol. The molecule has 1 heterocycles. The van der Waals surface area contributed by atoms with Crippen molar-refractivity contribution in [3.63, 3.8) is 0 Å². The van der Waals surface area contributed by atoms with Crippen molar-refractivity contribution in [2.75, 3.05) is 6.54 Å². The van der Waals surface area contributed by atoms with E-state index in [9.17, 15) is 9.59 Å². The van der Waals surface area contributed by atoms with E-state index in [0.717, 1.165) is 0 Å². The van der Waals surface area contributed by atoms with Gasteiger partial charge in [-0.05, 0) is 18.2 Å². The summed E-state index contributed by atoms with van der Waals surface area (Å²) in [5.41, 5.74) is 6.76. The summed E-state index contributed by atoms with van der Waals surface area (Å²) in [5, 5.41) is 0. The van der Waals surface area contributed by atoms with Gasteiger partial charge in [-0.2, -0.15) is 0 Å². The summed E-state index contributed by atoms with van der Waals surface area (Å²) >= 11 is 0. The van der Waals surface area contributed by atoms with E-state index in [0.29, 0.717) is 16.6 Å². The van der Waals surface area contributed by atoms with Crippen molar-refractivity contribution in [2.24, 2.45) is 5.73 Å². The van der Waals surface area contributed by atoms with Crippen LogP contribution in [-0.4, -0.2) is 22.3 Å². The largest absolute Gasteiger partial charge is 0.324 e. The third-order valence-electron chi connectivity index (χ3n) is 2.02. The highest BCUT2D eigenvalue weighted by atomic mass is 16.1. The quantitative estimate of drug-likeness (QED) is 0.583. The maximum absolute atomic E-state index is 11.2. The van der Waals surface area contributed by atoms with Crippen molar-refractivity contribution in [1.82, 2.24) is 9.97 Å². The fraction of sp³-hybridized carbons (Fsp3) is 0.111. The Morgan fingerprint density at radius 1 is 1.29 bits per heavy atom. The van der Waals surface area contributed by atoms with Crippen LogP contribution < -0.4 is 11.4 Å². The van der Waals surface area contributed by atoms with Gasteiger partial charge in [-0.3, -0.25) is 4.79 Å². The van der Waals surface area contributed by atoms with Crippen LogP contribution in [0.5, 0.6) is 0 Å². The maximum Gasteiger partial charge on any atom is 0.323 e. The molecule has 5 nitrogen and oxygen atoms in total. The van der Waals surface area contributed by atoms with Crippen molar-refractivity contribution < 1.29 is 4.79 Å². The molecular formula is C9H9N3O2. The van der Waals surface area contributed by atoms with Crippen molar-refractivity contribution in [3.05, 3.63) is 34.2 Å². The second kappa shape index (κ2) is 3.12. The zero-order chi connectivity index (χ0) is 10.1. The Kier molecular flexibility index (Phi) is 1.94. The predicted octanol–water partition coefficient (Wildman–Crippen LogP) is -0.00240. The Bertz CT molecular complexity index is 538. The second-order valence-corrected chi connectivity index (χ2v) is 2.97. The first-order valence-electron chi connectivity index (χ1n) is 4.16. The summed E-state index contributed by atoms with van der Waals surface area (Å²) in [5.74, 6) is -0.144. The molecule has 4 N–H and O–H groups in total. The Morgan fingerprint density at radius 2 is 2.00 bits per heavy atom. The molecule has 14 heavy (non-hydrogen) atoms. The minimum absolute atomic E-state index is 0.0276.